The van der Waals surface area contributed by atoms with E-state index in [1.807, 2.05) is 0 Å². The molecule has 0 atom stereocenters. The number of phenols is 1. The Hall–Kier alpha value is -2.49. The SMILES string of the molecule is Cc1cc(C)c(CC(C)(C)CNC(=O)c2ccccc2O)c2c1CCN2CC(C)C. The number of nitrogens with one attached hydrogen (secondary N) is 1. The van der Waals surface area contributed by atoms with Gasteiger partial charge in [-0.3, -0.25) is 4.79 Å². The minimum absolute atomic E-state index is 0.0179. The molecule has 2 N–H and O–H groups in total. The second kappa shape index (κ2) is 8.71. The van der Waals surface area contributed by atoms with Crippen LogP contribution in [0.2, 0.25) is 0 Å². The summed E-state index contributed by atoms with van der Waals surface area (Å²) in [7, 11) is 0. The van der Waals surface area contributed by atoms with Crippen molar-refractivity contribution in [2.24, 2.45) is 11.3 Å². The number of benzene rings is 2. The molecule has 1 aliphatic rings. The highest BCUT2D eigenvalue weighted by Gasteiger charge is 2.29. The summed E-state index contributed by atoms with van der Waals surface area (Å²) in [6.07, 6.45) is 2.02. The minimum Gasteiger partial charge on any atom is -0.507 e. The summed E-state index contributed by atoms with van der Waals surface area (Å²) in [5, 5.41) is 13.0. The lowest BCUT2D eigenvalue weighted by molar-refractivity contribution is 0.0933. The van der Waals surface area contributed by atoms with Crippen LogP contribution in [-0.2, 0) is 12.8 Å². The van der Waals surface area contributed by atoms with Crippen LogP contribution < -0.4 is 10.2 Å². The fraction of sp³-hybridized carbons (Fsp3) is 0.500. The summed E-state index contributed by atoms with van der Waals surface area (Å²) in [5.74, 6) is 0.410. The molecule has 0 aliphatic carbocycles. The van der Waals surface area contributed by atoms with E-state index >= 15 is 0 Å². The summed E-state index contributed by atoms with van der Waals surface area (Å²) >= 11 is 0. The molecule has 4 heteroatoms. The second-order valence-corrected chi connectivity index (χ2v) is 9.95. The van der Waals surface area contributed by atoms with E-state index in [9.17, 15) is 9.90 Å². The monoisotopic (exact) mass is 408 g/mol. The summed E-state index contributed by atoms with van der Waals surface area (Å²) in [6, 6.07) is 9.01. The van der Waals surface area contributed by atoms with E-state index in [2.05, 4.69) is 57.8 Å². The van der Waals surface area contributed by atoms with Crippen LogP contribution in [0.4, 0.5) is 5.69 Å². The highest BCUT2D eigenvalue weighted by atomic mass is 16.3. The first-order chi connectivity index (χ1) is 14.1. The van der Waals surface area contributed by atoms with Gasteiger partial charge in [0.15, 0.2) is 0 Å². The third kappa shape index (κ3) is 4.80. The Labute approximate surface area is 181 Å². The van der Waals surface area contributed by atoms with E-state index in [4.69, 9.17) is 0 Å². The van der Waals surface area contributed by atoms with Crippen molar-refractivity contribution >= 4 is 11.6 Å². The summed E-state index contributed by atoms with van der Waals surface area (Å²) in [5.41, 5.74) is 7.27. The molecule has 0 aromatic heterocycles. The summed E-state index contributed by atoms with van der Waals surface area (Å²) in [4.78, 5) is 15.1. The van der Waals surface area contributed by atoms with Crippen molar-refractivity contribution in [3.8, 4) is 5.75 Å². The normalized spacial score (nSPS) is 13.6. The first-order valence-electron chi connectivity index (χ1n) is 11.0. The van der Waals surface area contributed by atoms with Gasteiger partial charge in [-0.1, -0.05) is 45.9 Å². The van der Waals surface area contributed by atoms with Gasteiger partial charge in [0.2, 0.25) is 0 Å². The van der Waals surface area contributed by atoms with Gasteiger partial charge in [-0.15, -0.1) is 0 Å². The molecule has 1 aliphatic heterocycles. The van der Waals surface area contributed by atoms with Gasteiger partial charge < -0.3 is 15.3 Å². The predicted molar refractivity (Wildman–Crippen MR) is 125 cm³/mol. The first-order valence-corrected chi connectivity index (χ1v) is 11.0. The molecule has 4 nitrogen and oxygen atoms in total. The van der Waals surface area contributed by atoms with Crippen LogP contribution in [0.3, 0.4) is 0 Å². The standard InChI is InChI=1S/C26H36N2O2/c1-17(2)15-28-12-11-20-18(3)13-19(4)22(24(20)28)14-26(5,6)16-27-25(30)21-9-7-8-10-23(21)29/h7-10,13,17,29H,11-12,14-16H2,1-6H3,(H,27,30). The van der Waals surface area contributed by atoms with Crippen molar-refractivity contribution < 1.29 is 9.90 Å². The molecule has 3 rings (SSSR count). The van der Waals surface area contributed by atoms with Gasteiger partial charge >= 0.3 is 0 Å². The Bertz CT molecular complexity index is 931. The minimum atomic E-state index is -0.228. The molecule has 0 saturated carbocycles. The Balaban J connectivity index is 1.80. The van der Waals surface area contributed by atoms with Crippen LogP contribution >= 0.6 is 0 Å². The molecule has 30 heavy (non-hydrogen) atoms. The zero-order valence-corrected chi connectivity index (χ0v) is 19.3. The molecule has 1 heterocycles. The van der Waals surface area contributed by atoms with Crippen molar-refractivity contribution in [3.05, 3.63) is 58.1 Å². The number of fused-ring (bicyclic) bond motifs is 1. The molecule has 0 radical (unpaired) electrons. The van der Waals surface area contributed by atoms with Crippen molar-refractivity contribution in [2.45, 2.75) is 54.4 Å². The zero-order chi connectivity index (χ0) is 22.1. The molecular formula is C26H36N2O2. The molecule has 2 aromatic rings. The number of carbonyl (C=O) groups excluding carboxylic acids is 1. The molecule has 0 spiro atoms. The van der Waals surface area contributed by atoms with Crippen molar-refractivity contribution in [3.63, 3.8) is 0 Å². The lowest BCUT2D eigenvalue weighted by Gasteiger charge is -2.31. The Kier molecular flexibility index (Phi) is 6.44. The predicted octanol–water partition coefficient (Wildman–Crippen LogP) is 5.03. The number of phenolic OH excluding ortho intramolecular Hbond substituents is 1. The van der Waals surface area contributed by atoms with E-state index < -0.39 is 0 Å². The van der Waals surface area contributed by atoms with E-state index in [0.29, 0.717) is 18.0 Å². The second-order valence-electron chi connectivity index (χ2n) is 9.95. The molecule has 0 unspecified atom stereocenters. The van der Waals surface area contributed by atoms with Gasteiger partial charge in [0.1, 0.15) is 5.75 Å². The van der Waals surface area contributed by atoms with E-state index in [0.717, 1.165) is 25.9 Å². The van der Waals surface area contributed by atoms with Crippen LogP contribution in [-0.4, -0.2) is 30.6 Å². The van der Waals surface area contributed by atoms with Gasteiger partial charge in [0.25, 0.3) is 5.91 Å². The topological polar surface area (TPSA) is 52.6 Å². The molecular weight excluding hydrogens is 372 g/mol. The Morgan fingerprint density at radius 3 is 2.57 bits per heavy atom. The van der Waals surface area contributed by atoms with Crippen LogP contribution in [0, 0.1) is 25.2 Å². The molecule has 0 bridgehead atoms. The highest BCUT2D eigenvalue weighted by Crippen LogP contribution is 2.39. The Morgan fingerprint density at radius 1 is 1.20 bits per heavy atom. The number of anilines is 1. The molecule has 162 valence electrons. The van der Waals surface area contributed by atoms with Crippen LogP contribution in [0.1, 0.15) is 60.3 Å². The van der Waals surface area contributed by atoms with Crippen molar-refractivity contribution in [1.82, 2.24) is 5.32 Å². The number of aryl methyl sites for hydroxylation is 2. The molecule has 2 aromatic carbocycles. The lowest BCUT2D eigenvalue weighted by atomic mass is 9.82. The summed E-state index contributed by atoms with van der Waals surface area (Å²) < 4.78 is 0. The fourth-order valence-corrected chi connectivity index (χ4v) is 4.58. The number of amides is 1. The summed E-state index contributed by atoms with van der Waals surface area (Å²) in [6.45, 7) is 16.1. The van der Waals surface area contributed by atoms with Crippen molar-refractivity contribution in [1.29, 1.82) is 0 Å². The van der Waals surface area contributed by atoms with Gasteiger partial charge in [-0.2, -0.15) is 0 Å². The van der Waals surface area contributed by atoms with Gasteiger partial charge in [-0.05, 0) is 72.4 Å². The maximum atomic E-state index is 12.6. The van der Waals surface area contributed by atoms with E-state index in [1.54, 1.807) is 24.3 Å². The number of carbonyl (C=O) groups is 1. The maximum absolute atomic E-state index is 12.6. The van der Waals surface area contributed by atoms with Crippen LogP contribution in [0.15, 0.2) is 30.3 Å². The van der Waals surface area contributed by atoms with Gasteiger partial charge in [0, 0.05) is 25.3 Å². The molecule has 0 fully saturated rings. The fourth-order valence-electron chi connectivity index (χ4n) is 4.58. The number of nitrogens with zero attached hydrogens (tertiary/aromatic N) is 1. The third-order valence-corrected chi connectivity index (χ3v) is 6.02. The number of aromatic hydroxyl groups is 1. The van der Waals surface area contributed by atoms with Gasteiger partial charge in [0.05, 0.1) is 5.56 Å². The van der Waals surface area contributed by atoms with Crippen LogP contribution in [0.5, 0.6) is 5.75 Å². The smallest absolute Gasteiger partial charge is 0.255 e. The Morgan fingerprint density at radius 2 is 1.90 bits per heavy atom. The lowest BCUT2D eigenvalue weighted by Crippen LogP contribution is -2.36. The average molecular weight is 409 g/mol. The third-order valence-electron chi connectivity index (χ3n) is 6.02. The maximum Gasteiger partial charge on any atom is 0.255 e. The van der Waals surface area contributed by atoms with E-state index in [-0.39, 0.29) is 17.1 Å². The molecule has 0 saturated heterocycles. The number of para-hydroxylation sites is 1. The number of hydrogen-bond donors (Lipinski definition) is 2. The molecule has 1 amide bonds. The quantitative estimate of drug-likeness (QED) is 0.676. The first kappa shape index (κ1) is 22.2. The van der Waals surface area contributed by atoms with Crippen molar-refractivity contribution in [2.75, 3.05) is 24.5 Å². The van der Waals surface area contributed by atoms with E-state index in [1.165, 1.54) is 27.9 Å². The highest BCUT2D eigenvalue weighted by molar-refractivity contribution is 5.96. The average Bonchev–Trinajstić information content (AvgIpc) is 3.07. The van der Waals surface area contributed by atoms with Gasteiger partial charge in [-0.25, -0.2) is 0 Å². The largest absolute Gasteiger partial charge is 0.507 e. The van der Waals surface area contributed by atoms with Crippen LogP contribution in [0.25, 0.3) is 0 Å². The number of rotatable bonds is 7. The number of hydrogen-bond acceptors (Lipinski definition) is 3. The zero-order valence-electron chi connectivity index (χ0n) is 19.3.